The van der Waals surface area contributed by atoms with E-state index in [0.29, 0.717) is 44.6 Å². The van der Waals surface area contributed by atoms with Crippen LogP contribution in [0, 0.1) is 0 Å². The monoisotopic (exact) mass is 641 g/mol. The number of amides is 2. The third-order valence-corrected chi connectivity index (χ3v) is 8.15. The zero-order valence-corrected chi connectivity index (χ0v) is 27.7. The fraction of sp³-hybridized carbons (Fsp3) is 0.395. The van der Waals surface area contributed by atoms with Crippen molar-refractivity contribution < 1.29 is 28.6 Å². The lowest BCUT2D eigenvalue weighted by molar-refractivity contribution is -0.145. The summed E-state index contributed by atoms with van der Waals surface area (Å²) in [7, 11) is 1.28. The van der Waals surface area contributed by atoms with Crippen molar-refractivity contribution in [1.82, 2.24) is 10.6 Å². The van der Waals surface area contributed by atoms with Crippen LogP contribution in [0.2, 0.25) is 0 Å². The summed E-state index contributed by atoms with van der Waals surface area (Å²) in [5.74, 6) is 0.275. The third-order valence-electron chi connectivity index (χ3n) is 8.15. The summed E-state index contributed by atoms with van der Waals surface area (Å²) in [6, 6.07) is 14.8. The molecule has 0 aliphatic heterocycles. The number of rotatable bonds is 17. The van der Waals surface area contributed by atoms with Gasteiger partial charge in [0.25, 0.3) is 0 Å². The van der Waals surface area contributed by atoms with Crippen molar-refractivity contribution in [2.45, 2.75) is 70.9 Å². The minimum atomic E-state index is -0.784. The van der Waals surface area contributed by atoms with E-state index in [-0.39, 0.29) is 18.9 Å². The number of fused-ring (bicyclic) bond motifs is 2. The molecular formula is C38H47N3O6. The zero-order chi connectivity index (χ0) is 33.6. The molecule has 0 saturated carbocycles. The van der Waals surface area contributed by atoms with Crippen LogP contribution in [0.15, 0.2) is 60.7 Å². The van der Waals surface area contributed by atoms with Gasteiger partial charge in [0.2, 0.25) is 11.8 Å². The SMILES string of the molecule is CCOc1ccc2c(c1-c1c(OCCCC(=O)N[C@H](CCCCN)C(=O)NC(CC)C(=O)OC)ccc3ccccc13)C=CCC=C2. The number of carbonyl (C=O) groups excluding carboxylic acids is 3. The molecule has 1 unspecified atom stereocenters. The number of hydrogen-bond donors (Lipinski definition) is 3. The predicted molar refractivity (Wildman–Crippen MR) is 187 cm³/mol. The molecule has 250 valence electrons. The quantitative estimate of drug-likeness (QED) is 0.119. The third kappa shape index (κ3) is 9.23. The Morgan fingerprint density at radius 1 is 0.851 bits per heavy atom. The largest absolute Gasteiger partial charge is 0.493 e. The molecule has 47 heavy (non-hydrogen) atoms. The predicted octanol–water partition coefficient (Wildman–Crippen LogP) is 6.18. The van der Waals surface area contributed by atoms with Gasteiger partial charge >= 0.3 is 5.97 Å². The molecule has 3 aromatic rings. The topological polar surface area (TPSA) is 129 Å². The number of nitrogens with two attached hydrogens (primary N) is 1. The summed E-state index contributed by atoms with van der Waals surface area (Å²) in [6.45, 7) is 5.06. The number of nitrogens with one attached hydrogen (secondary N) is 2. The second-order valence-corrected chi connectivity index (χ2v) is 11.4. The molecular weight excluding hydrogens is 594 g/mol. The molecule has 4 rings (SSSR count). The first-order chi connectivity index (χ1) is 22.9. The number of benzene rings is 3. The Labute approximate surface area is 277 Å². The van der Waals surface area contributed by atoms with Gasteiger partial charge in [0.05, 0.1) is 20.3 Å². The van der Waals surface area contributed by atoms with Gasteiger partial charge in [-0.1, -0.05) is 67.6 Å². The van der Waals surface area contributed by atoms with Crippen LogP contribution in [0.5, 0.6) is 11.5 Å². The standard InChI is InChI=1S/C38H47N3O6/c1-4-30(38(44)45-3)41-37(43)31(18-11-12-24-39)40-34(42)19-13-25-47-33-23-21-27-15-9-10-17-29(27)36(33)35-28-16-8-6-7-14-26(28)20-22-32(35)46-5-2/h7-10,14-17,20-23,30-31H,4-6,11-13,18-19,24-25,39H2,1-3H3,(H,40,42)(H,41,43)/t30?,31-/m1/s1. The van der Waals surface area contributed by atoms with Crippen LogP contribution in [-0.2, 0) is 19.1 Å². The van der Waals surface area contributed by atoms with Crippen molar-refractivity contribution in [3.05, 3.63) is 71.8 Å². The van der Waals surface area contributed by atoms with Crippen molar-refractivity contribution in [1.29, 1.82) is 0 Å². The normalized spacial score (nSPS) is 13.3. The zero-order valence-electron chi connectivity index (χ0n) is 27.7. The molecule has 1 aliphatic carbocycles. The highest BCUT2D eigenvalue weighted by Crippen LogP contribution is 2.45. The summed E-state index contributed by atoms with van der Waals surface area (Å²) < 4.78 is 17.4. The first-order valence-corrected chi connectivity index (χ1v) is 16.6. The van der Waals surface area contributed by atoms with E-state index >= 15 is 0 Å². The highest BCUT2D eigenvalue weighted by Gasteiger charge is 2.26. The summed E-state index contributed by atoms with van der Waals surface area (Å²) in [5.41, 5.74) is 9.74. The molecule has 0 spiro atoms. The van der Waals surface area contributed by atoms with Crippen LogP contribution in [0.3, 0.4) is 0 Å². The summed E-state index contributed by atoms with van der Waals surface area (Å²) in [6.07, 6.45) is 12.2. The Morgan fingerprint density at radius 3 is 2.38 bits per heavy atom. The van der Waals surface area contributed by atoms with Crippen LogP contribution in [0.4, 0.5) is 0 Å². The number of allylic oxidation sites excluding steroid dienone is 2. The van der Waals surface area contributed by atoms with Gasteiger partial charge in [0, 0.05) is 17.5 Å². The highest BCUT2D eigenvalue weighted by molar-refractivity contribution is 6.04. The van der Waals surface area contributed by atoms with E-state index in [9.17, 15) is 14.4 Å². The minimum absolute atomic E-state index is 0.163. The van der Waals surface area contributed by atoms with Gasteiger partial charge in [0.15, 0.2) is 0 Å². The summed E-state index contributed by atoms with van der Waals surface area (Å²) in [5, 5.41) is 7.69. The molecule has 0 saturated heterocycles. The van der Waals surface area contributed by atoms with Crippen LogP contribution in [0.25, 0.3) is 34.1 Å². The van der Waals surface area contributed by atoms with Gasteiger partial charge in [-0.25, -0.2) is 4.79 Å². The van der Waals surface area contributed by atoms with E-state index in [4.69, 9.17) is 19.9 Å². The number of methoxy groups -OCH3 is 1. The van der Waals surface area contributed by atoms with Crippen LogP contribution in [0.1, 0.15) is 69.9 Å². The Kier molecular flexibility index (Phi) is 13.4. The molecule has 2 atom stereocenters. The maximum Gasteiger partial charge on any atom is 0.328 e. The number of ether oxygens (including phenoxy) is 3. The van der Waals surface area contributed by atoms with Crippen LogP contribution < -0.4 is 25.8 Å². The summed E-state index contributed by atoms with van der Waals surface area (Å²) in [4.78, 5) is 38.1. The fourth-order valence-electron chi connectivity index (χ4n) is 5.75. The van der Waals surface area contributed by atoms with Gasteiger partial charge in [-0.3, -0.25) is 9.59 Å². The van der Waals surface area contributed by atoms with Gasteiger partial charge in [-0.15, -0.1) is 0 Å². The molecule has 4 N–H and O–H groups in total. The Bertz CT molecular complexity index is 1600. The molecule has 3 aromatic carbocycles. The summed E-state index contributed by atoms with van der Waals surface area (Å²) >= 11 is 0. The van der Waals surface area contributed by atoms with E-state index in [1.165, 1.54) is 7.11 Å². The second-order valence-electron chi connectivity index (χ2n) is 11.4. The number of unbranched alkanes of at least 4 members (excludes halogenated alkanes) is 1. The lowest BCUT2D eigenvalue weighted by Crippen LogP contribution is -2.51. The van der Waals surface area contributed by atoms with Crippen molar-refractivity contribution in [3.63, 3.8) is 0 Å². The van der Waals surface area contributed by atoms with Crippen LogP contribution >= 0.6 is 0 Å². The van der Waals surface area contributed by atoms with E-state index in [1.807, 2.05) is 37.3 Å². The number of esters is 1. The van der Waals surface area contributed by atoms with E-state index in [1.54, 1.807) is 6.92 Å². The molecule has 1 aliphatic rings. The van der Waals surface area contributed by atoms with E-state index < -0.39 is 24.0 Å². The Balaban J connectivity index is 1.52. The molecule has 2 amide bonds. The Hall–Kier alpha value is -4.63. The average Bonchev–Trinajstić information content (AvgIpc) is 3.34. The average molecular weight is 642 g/mol. The first-order valence-electron chi connectivity index (χ1n) is 16.6. The maximum atomic E-state index is 13.0. The lowest BCUT2D eigenvalue weighted by Gasteiger charge is -2.22. The molecule has 0 radical (unpaired) electrons. The molecule has 0 bridgehead atoms. The highest BCUT2D eigenvalue weighted by atomic mass is 16.5. The number of hydrogen-bond acceptors (Lipinski definition) is 7. The van der Waals surface area contributed by atoms with Crippen molar-refractivity contribution in [2.24, 2.45) is 5.73 Å². The second kappa shape index (κ2) is 17.9. The van der Waals surface area contributed by atoms with Gasteiger partial charge in [0.1, 0.15) is 23.6 Å². The van der Waals surface area contributed by atoms with Gasteiger partial charge in [-0.2, -0.15) is 0 Å². The fourth-order valence-corrected chi connectivity index (χ4v) is 5.75. The lowest BCUT2D eigenvalue weighted by atomic mass is 9.90. The number of carbonyl (C=O) groups is 3. The van der Waals surface area contributed by atoms with Crippen LogP contribution in [-0.4, -0.2) is 56.7 Å². The van der Waals surface area contributed by atoms with Gasteiger partial charge in [-0.05, 0) is 86.0 Å². The smallest absolute Gasteiger partial charge is 0.328 e. The first kappa shape index (κ1) is 35.2. The van der Waals surface area contributed by atoms with Crippen molar-refractivity contribution in [3.8, 4) is 22.6 Å². The molecule has 0 fully saturated rings. The van der Waals surface area contributed by atoms with Crippen molar-refractivity contribution >= 4 is 40.7 Å². The molecule has 9 heteroatoms. The van der Waals surface area contributed by atoms with Gasteiger partial charge < -0.3 is 30.6 Å². The minimum Gasteiger partial charge on any atom is -0.493 e. The Morgan fingerprint density at radius 2 is 1.62 bits per heavy atom. The molecule has 0 heterocycles. The van der Waals surface area contributed by atoms with E-state index in [0.717, 1.165) is 51.6 Å². The van der Waals surface area contributed by atoms with Crippen molar-refractivity contribution in [2.75, 3.05) is 26.9 Å². The maximum absolute atomic E-state index is 13.0. The molecule has 9 nitrogen and oxygen atoms in total. The molecule has 0 aromatic heterocycles. The van der Waals surface area contributed by atoms with E-state index in [2.05, 4.69) is 53.1 Å².